The Labute approximate surface area is 139 Å². The molecule has 0 spiro atoms. The van der Waals surface area contributed by atoms with E-state index < -0.39 is 12.1 Å². The number of rotatable bonds is 5. The monoisotopic (exact) mass is 326 g/mol. The van der Waals surface area contributed by atoms with Crippen LogP contribution in [0.4, 0.5) is 0 Å². The van der Waals surface area contributed by atoms with Crippen LogP contribution in [0.3, 0.4) is 0 Å². The zero-order chi connectivity index (χ0) is 16.2. The molecule has 0 saturated carbocycles. The molecule has 1 N–H and O–H groups in total. The van der Waals surface area contributed by atoms with E-state index in [0.29, 0.717) is 10.8 Å². The number of carbonyl (C=O) groups is 1. The lowest BCUT2D eigenvalue weighted by Crippen LogP contribution is -2.29. The Balaban J connectivity index is 1.84. The summed E-state index contributed by atoms with van der Waals surface area (Å²) in [7, 11) is 0. The van der Waals surface area contributed by atoms with Gasteiger partial charge in [0.15, 0.2) is 6.10 Å². The van der Waals surface area contributed by atoms with Gasteiger partial charge >= 0.3 is 5.97 Å². The molecule has 0 amide bonds. The third-order valence-electron chi connectivity index (χ3n) is 3.64. The third-order valence-corrected chi connectivity index (χ3v) is 4.01. The maximum absolute atomic E-state index is 11.5. The van der Waals surface area contributed by atoms with Gasteiger partial charge in [0.25, 0.3) is 0 Å². The summed E-state index contributed by atoms with van der Waals surface area (Å²) in [6.45, 7) is 0. The van der Waals surface area contributed by atoms with Gasteiger partial charge in [-0.1, -0.05) is 60.1 Å². The fraction of sp³-hybridized carbons (Fsp3) is 0.105. The molecule has 0 aliphatic heterocycles. The van der Waals surface area contributed by atoms with Crippen LogP contribution in [0.5, 0.6) is 5.75 Å². The lowest BCUT2D eigenvalue weighted by Gasteiger charge is -2.16. The lowest BCUT2D eigenvalue weighted by molar-refractivity contribution is -0.145. The Morgan fingerprint density at radius 1 is 1.00 bits per heavy atom. The van der Waals surface area contributed by atoms with Crippen LogP contribution in [0.15, 0.2) is 66.7 Å². The predicted molar refractivity (Wildman–Crippen MR) is 91.2 cm³/mol. The Kier molecular flexibility index (Phi) is 4.49. The first-order chi connectivity index (χ1) is 11.1. The van der Waals surface area contributed by atoms with Crippen molar-refractivity contribution in [3.8, 4) is 5.75 Å². The maximum Gasteiger partial charge on any atom is 0.345 e. The summed E-state index contributed by atoms with van der Waals surface area (Å²) in [6, 6.07) is 20.6. The molecule has 0 heterocycles. The molecule has 0 aliphatic rings. The van der Waals surface area contributed by atoms with Crippen LogP contribution in [-0.4, -0.2) is 17.2 Å². The smallest absolute Gasteiger partial charge is 0.345 e. The van der Waals surface area contributed by atoms with E-state index in [9.17, 15) is 9.90 Å². The highest BCUT2D eigenvalue weighted by Crippen LogP contribution is 2.23. The van der Waals surface area contributed by atoms with Gasteiger partial charge in [0.2, 0.25) is 0 Å². The lowest BCUT2D eigenvalue weighted by atomic mass is 10.1. The predicted octanol–water partition coefficient (Wildman–Crippen LogP) is 4.57. The molecular weight excluding hydrogens is 312 g/mol. The second-order valence-electron chi connectivity index (χ2n) is 5.25. The van der Waals surface area contributed by atoms with Crippen molar-refractivity contribution in [2.75, 3.05) is 0 Å². The highest BCUT2D eigenvalue weighted by atomic mass is 35.5. The number of ether oxygens (including phenoxy) is 1. The molecule has 0 unspecified atom stereocenters. The molecule has 116 valence electrons. The van der Waals surface area contributed by atoms with E-state index in [1.807, 2.05) is 54.6 Å². The van der Waals surface area contributed by atoms with Crippen LogP contribution in [0.2, 0.25) is 5.02 Å². The summed E-state index contributed by atoms with van der Waals surface area (Å²) in [5.41, 5.74) is 0.752. The number of fused-ring (bicyclic) bond motifs is 1. The summed E-state index contributed by atoms with van der Waals surface area (Å²) < 4.78 is 5.68. The molecular formula is C19H15ClO3. The van der Waals surface area contributed by atoms with Crippen molar-refractivity contribution in [2.24, 2.45) is 0 Å². The van der Waals surface area contributed by atoms with Crippen molar-refractivity contribution in [3.63, 3.8) is 0 Å². The van der Waals surface area contributed by atoms with Gasteiger partial charge in [0, 0.05) is 11.4 Å². The van der Waals surface area contributed by atoms with Gasteiger partial charge in [-0.15, -0.1) is 0 Å². The summed E-state index contributed by atoms with van der Waals surface area (Å²) in [4.78, 5) is 11.5. The SMILES string of the molecule is O=C(O)[C@H](Cc1ccccc1Cl)Oc1ccc2ccccc2c1. The van der Waals surface area contributed by atoms with Crippen LogP contribution >= 0.6 is 11.6 Å². The quantitative estimate of drug-likeness (QED) is 0.747. The van der Waals surface area contributed by atoms with Gasteiger partial charge in [-0.2, -0.15) is 0 Å². The molecule has 0 aliphatic carbocycles. The van der Waals surface area contributed by atoms with E-state index in [1.54, 1.807) is 12.1 Å². The minimum absolute atomic E-state index is 0.210. The number of carboxylic acids is 1. The minimum Gasteiger partial charge on any atom is -0.478 e. The first-order valence-corrected chi connectivity index (χ1v) is 7.63. The van der Waals surface area contributed by atoms with E-state index in [2.05, 4.69) is 0 Å². The van der Waals surface area contributed by atoms with Crippen LogP contribution in [0, 0.1) is 0 Å². The Morgan fingerprint density at radius 2 is 1.70 bits per heavy atom. The van der Waals surface area contributed by atoms with Crippen LogP contribution in [0.1, 0.15) is 5.56 Å². The Morgan fingerprint density at radius 3 is 2.43 bits per heavy atom. The van der Waals surface area contributed by atoms with E-state index in [-0.39, 0.29) is 6.42 Å². The van der Waals surface area contributed by atoms with Crippen molar-refractivity contribution in [1.82, 2.24) is 0 Å². The highest BCUT2D eigenvalue weighted by Gasteiger charge is 2.21. The van der Waals surface area contributed by atoms with Crippen molar-refractivity contribution >= 4 is 28.3 Å². The third kappa shape index (κ3) is 3.63. The zero-order valence-electron chi connectivity index (χ0n) is 12.3. The molecule has 23 heavy (non-hydrogen) atoms. The number of hydrogen-bond donors (Lipinski definition) is 1. The normalized spacial score (nSPS) is 12.0. The van der Waals surface area contributed by atoms with Gasteiger partial charge in [-0.05, 0) is 34.5 Å². The topological polar surface area (TPSA) is 46.5 Å². The summed E-state index contributed by atoms with van der Waals surface area (Å²) >= 11 is 6.11. The average Bonchev–Trinajstić information content (AvgIpc) is 2.56. The first kappa shape index (κ1) is 15.4. The number of carboxylic acid groups (broad SMARTS) is 1. The van der Waals surface area contributed by atoms with Crippen molar-refractivity contribution in [1.29, 1.82) is 0 Å². The van der Waals surface area contributed by atoms with Crippen molar-refractivity contribution in [3.05, 3.63) is 77.3 Å². The number of aliphatic carboxylic acids is 1. The molecule has 0 radical (unpaired) electrons. The van der Waals surface area contributed by atoms with Crippen molar-refractivity contribution in [2.45, 2.75) is 12.5 Å². The molecule has 0 aromatic heterocycles. The largest absolute Gasteiger partial charge is 0.478 e. The Hall–Kier alpha value is -2.52. The number of hydrogen-bond acceptors (Lipinski definition) is 2. The second kappa shape index (κ2) is 6.71. The van der Waals surface area contributed by atoms with Crippen molar-refractivity contribution < 1.29 is 14.6 Å². The van der Waals surface area contributed by atoms with E-state index in [0.717, 1.165) is 16.3 Å². The van der Waals surface area contributed by atoms with Gasteiger partial charge in [-0.3, -0.25) is 0 Å². The van der Waals surface area contributed by atoms with E-state index >= 15 is 0 Å². The molecule has 1 atom stereocenters. The molecule has 4 heteroatoms. The van der Waals surface area contributed by atoms with E-state index in [4.69, 9.17) is 16.3 Å². The maximum atomic E-state index is 11.5. The van der Waals surface area contributed by atoms with Gasteiger partial charge < -0.3 is 9.84 Å². The molecule has 0 saturated heterocycles. The molecule has 3 rings (SSSR count). The molecule has 0 bridgehead atoms. The van der Waals surface area contributed by atoms with E-state index in [1.165, 1.54) is 0 Å². The average molecular weight is 327 g/mol. The minimum atomic E-state index is -1.02. The van der Waals surface area contributed by atoms with Gasteiger partial charge in [-0.25, -0.2) is 4.79 Å². The van der Waals surface area contributed by atoms with Crippen LogP contribution in [0.25, 0.3) is 10.8 Å². The fourth-order valence-corrected chi connectivity index (χ4v) is 2.66. The fourth-order valence-electron chi connectivity index (χ4n) is 2.45. The number of benzene rings is 3. The standard InChI is InChI=1S/C19H15ClO3/c20-17-8-4-3-7-15(17)12-18(19(21)22)23-16-10-9-13-5-1-2-6-14(13)11-16/h1-11,18H,12H2,(H,21,22)/t18-/m0/s1. The molecule has 3 aromatic carbocycles. The van der Waals surface area contributed by atoms with Crippen LogP contribution < -0.4 is 4.74 Å². The Bertz CT molecular complexity index is 845. The molecule has 3 nitrogen and oxygen atoms in total. The first-order valence-electron chi connectivity index (χ1n) is 7.25. The summed E-state index contributed by atoms with van der Waals surface area (Å²) in [5.74, 6) is -0.485. The summed E-state index contributed by atoms with van der Waals surface area (Å²) in [5, 5.41) is 12.1. The van der Waals surface area contributed by atoms with Gasteiger partial charge in [0.1, 0.15) is 5.75 Å². The molecule has 3 aromatic rings. The highest BCUT2D eigenvalue weighted by molar-refractivity contribution is 6.31. The summed E-state index contributed by atoms with van der Waals surface area (Å²) in [6.07, 6.45) is -0.780. The molecule has 0 fully saturated rings. The zero-order valence-corrected chi connectivity index (χ0v) is 13.0. The number of halogens is 1. The van der Waals surface area contributed by atoms with Gasteiger partial charge in [0.05, 0.1) is 0 Å². The second-order valence-corrected chi connectivity index (χ2v) is 5.66. The van der Waals surface area contributed by atoms with Crippen LogP contribution in [-0.2, 0) is 11.2 Å².